The van der Waals surface area contributed by atoms with E-state index >= 15 is 0 Å². The third-order valence-corrected chi connectivity index (χ3v) is 3.86. The van der Waals surface area contributed by atoms with Gasteiger partial charge in [0.15, 0.2) is 0 Å². The van der Waals surface area contributed by atoms with E-state index in [1.54, 1.807) is 6.07 Å². The van der Waals surface area contributed by atoms with Crippen LogP contribution in [0.1, 0.15) is 50.6 Å². The van der Waals surface area contributed by atoms with Crippen molar-refractivity contribution < 1.29 is 4.39 Å². The topological polar surface area (TPSA) is 12.0 Å². The van der Waals surface area contributed by atoms with Gasteiger partial charge in [-0.25, -0.2) is 4.39 Å². The molecule has 0 saturated heterocycles. The highest BCUT2D eigenvalue weighted by molar-refractivity contribution is 6.30. The smallest absolute Gasteiger partial charge is 0.141 e. The third-order valence-electron chi connectivity index (χ3n) is 3.57. The predicted octanol–water partition coefficient (Wildman–Crippen LogP) is 5.02. The summed E-state index contributed by atoms with van der Waals surface area (Å²) in [7, 11) is 0. The fourth-order valence-corrected chi connectivity index (χ4v) is 2.76. The normalized spacial score (nSPS) is 17.1. The highest BCUT2D eigenvalue weighted by Gasteiger charge is 2.18. The highest BCUT2D eigenvalue weighted by Crippen LogP contribution is 2.31. The molecule has 104 valence electrons. The molecule has 0 fully saturated rings. The number of benzene rings is 1. The Bertz CT molecular complexity index is 456. The van der Waals surface area contributed by atoms with Gasteiger partial charge in [0.1, 0.15) is 5.82 Å². The van der Waals surface area contributed by atoms with E-state index < -0.39 is 0 Å². The summed E-state index contributed by atoms with van der Waals surface area (Å²) in [4.78, 5) is 0. The summed E-state index contributed by atoms with van der Waals surface area (Å²) >= 11 is 5.91. The van der Waals surface area contributed by atoms with Crippen molar-refractivity contribution in [3.05, 3.63) is 46.3 Å². The van der Waals surface area contributed by atoms with Gasteiger partial charge in [-0.1, -0.05) is 36.2 Å². The van der Waals surface area contributed by atoms with Crippen LogP contribution in [0, 0.1) is 5.82 Å². The summed E-state index contributed by atoms with van der Waals surface area (Å²) in [5.74, 6) is -0.350. The van der Waals surface area contributed by atoms with E-state index in [4.69, 9.17) is 11.6 Å². The van der Waals surface area contributed by atoms with Crippen molar-refractivity contribution in [1.82, 2.24) is 5.32 Å². The number of halogens is 2. The molecular formula is C16H21ClFN. The number of rotatable bonds is 5. The molecule has 1 unspecified atom stereocenters. The molecule has 0 aromatic heterocycles. The van der Waals surface area contributed by atoms with Gasteiger partial charge in [0.05, 0.1) is 11.1 Å². The first kappa shape index (κ1) is 14.5. The zero-order chi connectivity index (χ0) is 13.7. The fraction of sp³-hybridized carbons (Fsp3) is 0.500. The van der Waals surface area contributed by atoms with Crippen molar-refractivity contribution in [2.75, 3.05) is 6.54 Å². The molecule has 0 saturated carbocycles. The van der Waals surface area contributed by atoms with E-state index in [9.17, 15) is 4.39 Å². The van der Waals surface area contributed by atoms with Gasteiger partial charge in [-0.05, 0) is 56.3 Å². The van der Waals surface area contributed by atoms with Crippen LogP contribution in [-0.4, -0.2) is 6.54 Å². The average molecular weight is 282 g/mol. The molecular weight excluding hydrogens is 261 g/mol. The minimum atomic E-state index is -0.350. The molecule has 0 radical (unpaired) electrons. The maximum atomic E-state index is 13.3. The molecule has 1 atom stereocenters. The molecule has 1 aliphatic rings. The quantitative estimate of drug-likeness (QED) is 0.747. The average Bonchev–Trinajstić information content (AvgIpc) is 2.44. The molecule has 0 heterocycles. The van der Waals surface area contributed by atoms with E-state index in [0.29, 0.717) is 0 Å². The Morgan fingerprint density at radius 2 is 2.21 bits per heavy atom. The summed E-state index contributed by atoms with van der Waals surface area (Å²) in [6.07, 6.45) is 8.19. The van der Waals surface area contributed by atoms with Crippen molar-refractivity contribution in [2.45, 2.75) is 45.1 Å². The second kappa shape index (κ2) is 7.06. The maximum Gasteiger partial charge on any atom is 0.141 e. The van der Waals surface area contributed by atoms with Gasteiger partial charge < -0.3 is 5.32 Å². The monoisotopic (exact) mass is 281 g/mol. The third kappa shape index (κ3) is 3.80. The largest absolute Gasteiger partial charge is 0.307 e. The Kier molecular flexibility index (Phi) is 5.41. The molecule has 1 aromatic rings. The van der Waals surface area contributed by atoms with Crippen LogP contribution < -0.4 is 5.32 Å². The molecule has 1 aromatic carbocycles. The minimum Gasteiger partial charge on any atom is -0.307 e. The lowest BCUT2D eigenvalue weighted by atomic mass is 9.89. The summed E-state index contributed by atoms with van der Waals surface area (Å²) in [6.45, 7) is 3.11. The molecule has 2 rings (SSSR count). The summed E-state index contributed by atoms with van der Waals surface area (Å²) < 4.78 is 13.3. The van der Waals surface area contributed by atoms with Crippen LogP contribution in [0.25, 0.3) is 0 Å². The minimum absolute atomic E-state index is 0.179. The maximum absolute atomic E-state index is 13.3. The van der Waals surface area contributed by atoms with E-state index in [-0.39, 0.29) is 16.9 Å². The lowest BCUT2D eigenvalue weighted by Gasteiger charge is -2.25. The molecule has 19 heavy (non-hydrogen) atoms. The number of hydrogen-bond acceptors (Lipinski definition) is 1. The second-order valence-corrected chi connectivity index (χ2v) is 5.49. The fourth-order valence-electron chi connectivity index (χ4n) is 2.57. The van der Waals surface area contributed by atoms with Crippen LogP contribution in [-0.2, 0) is 0 Å². The van der Waals surface area contributed by atoms with E-state index in [1.165, 1.54) is 24.5 Å². The van der Waals surface area contributed by atoms with Crippen LogP contribution in [0.3, 0.4) is 0 Å². The molecule has 0 amide bonds. The highest BCUT2D eigenvalue weighted by atomic mass is 35.5. The standard InChI is InChI=1S/C16H21ClFN/c1-2-10-19-16(12-6-4-3-5-7-12)13-8-9-15(18)14(17)11-13/h6,8-9,11,16,19H,2-5,7,10H2,1H3. The summed E-state index contributed by atoms with van der Waals surface area (Å²) in [5.41, 5.74) is 2.48. The van der Waals surface area contributed by atoms with Gasteiger partial charge in [-0.2, -0.15) is 0 Å². The van der Waals surface area contributed by atoms with Crippen LogP contribution in [0.5, 0.6) is 0 Å². The molecule has 1 aliphatic carbocycles. The van der Waals surface area contributed by atoms with Gasteiger partial charge >= 0.3 is 0 Å². The Hall–Kier alpha value is -0.860. The van der Waals surface area contributed by atoms with Crippen molar-refractivity contribution in [2.24, 2.45) is 0 Å². The molecule has 0 aliphatic heterocycles. The Morgan fingerprint density at radius 3 is 2.84 bits per heavy atom. The second-order valence-electron chi connectivity index (χ2n) is 5.09. The Labute approximate surface area is 119 Å². The van der Waals surface area contributed by atoms with E-state index in [2.05, 4.69) is 18.3 Å². The van der Waals surface area contributed by atoms with Gasteiger partial charge in [-0.3, -0.25) is 0 Å². The van der Waals surface area contributed by atoms with Crippen molar-refractivity contribution in [1.29, 1.82) is 0 Å². The number of hydrogen-bond donors (Lipinski definition) is 1. The molecule has 1 nitrogen and oxygen atoms in total. The van der Waals surface area contributed by atoms with E-state index in [0.717, 1.165) is 31.4 Å². The first-order valence-electron chi connectivity index (χ1n) is 7.09. The molecule has 0 spiro atoms. The van der Waals surface area contributed by atoms with Gasteiger partial charge in [-0.15, -0.1) is 0 Å². The van der Waals surface area contributed by atoms with Crippen molar-refractivity contribution in [3.8, 4) is 0 Å². The summed E-state index contributed by atoms with van der Waals surface area (Å²) in [5, 5.41) is 3.76. The zero-order valence-electron chi connectivity index (χ0n) is 11.4. The lowest BCUT2D eigenvalue weighted by molar-refractivity contribution is 0.545. The predicted molar refractivity (Wildman–Crippen MR) is 79.0 cm³/mol. The zero-order valence-corrected chi connectivity index (χ0v) is 12.1. The first-order valence-corrected chi connectivity index (χ1v) is 7.47. The van der Waals surface area contributed by atoms with Crippen LogP contribution in [0.15, 0.2) is 29.8 Å². The van der Waals surface area contributed by atoms with Crippen LogP contribution in [0.4, 0.5) is 4.39 Å². The molecule has 3 heteroatoms. The van der Waals surface area contributed by atoms with Gasteiger partial charge in [0.25, 0.3) is 0 Å². The van der Waals surface area contributed by atoms with Crippen molar-refractivity contribution >= 4 is 11.6 Å². The Balaban J connectivity index is 2.25. The molecule has 0 bridgehead atoms. The first-order chi connectivity index (χ1) is 9.22. The van der Waals surface area contributed by atoms with Crippen molar-refractivity contribution in [3.63, 3.8) is 0 Å². The Morgan fingerprint density at radius 1 is 1.37 bits per heavy atom. The van der Waals surface area contributed by atoms with E-state index in [1.807, 2.05) is 6.07 Å². The van der Waals surface area contributed by atoms with Crippen LogP contribution in [0.2, 0.25) is 5.02 Å². The number of allylic oxidation sites excluding steroid dienone is 1. The van der Waals surface area contributed by atoms with Gasteiger partial charge in [0, 0.05) is 0 Å². The van der Waals surface area contributed by atoms with Gasteiger partial charge in [0.2, 0.25) is 0 Å². The summed E-state index contributed by atoms with van der Waals surface area (Å²) in [6, 6.07) is 5.23. The number of nitrogens with one attached hydrogen (secondary N) is 1. The van der Waals surface area contributed by atoms with Crippen LogP contribution >= 0.6 is 11.6 Å². The lowest BCUT2D eigenvalue weighted by Crippen LogP contribution is -2.24. The molecule has 1 N–H and O–H groups in total. The SMILES string of the molecule is CCCNC(C1=CCCCC1)c1ccc(F)c(Cl)c1.